The van der Waals surface area contributed by atoms with E-state index < -0.39 is 5.60 Å². The number of nitrogens with two attached hydrogens (primary N) is 1. The van der Waals surface area contributed by atoms with Crippen LogP contribution in [0, 0.1) is 0 Å². The van der Waals surface area contributed by atoms with Crippen molar-refractivity contribution in [1.29, 1.82) is 0 Å². The summed E-state index contributed by atoms with van der Waals surface area (Å²) < 4.78 is 0. The molecule has 2 unspecified atom stereocenters. The Hall–Kier alpha value is -1.43. The van der Waals surface area contributed by atoms with Crippen molar-refractivity contribution in [1.82, 2.24) is 10.2 Å². The molecule has 1 aromatic rings. The van der Waals surface area contributed by atoms with Crippen LogP contribution in [0.25, 0.3) is 0 Å². The molecule has 1 rings (SSSR count). The molecule has 2 atom stereocenters. The van der Waals surface area contributed by atoms with Gasteiger partial charge >= 0.3 is 0 Å². The molecule has 0 heterocycles. The number of aliphatic hydroxyl groups is 1. The average Bonchev–Trinajstić information content (AvgIpc) is 2.36. The first-order valence-corrected chi connectivity index (χ1v) is 6.74. The summed E-state index contributed by atoms with van der Waals surface area (Å²) in [5.74, 6) is -0.152. The zero-order chi connectivity index (χ0) is 15.2. The van der Waals surface area contributed by atoms with Crippen molar-refractivity contribution in [3.05, 3.63) is 35.9 Å². The van der Waals surface area contributed by atoms with Crippen molar-refractivity contribution in [3.63, 3.8) is 0 Å². The fraction of sp³-hybridized carbons (Fsp3) is 0.533. The summed E-state index contributed by atoms with van der Waals surface area (Å²) >= 11 is 0. The highest BCUT2D eigenvalue weighted by molar-refractivity contribution is 5.76. The van der Waals surface area contributed by atoms with Crippen LogP contribution >= 0.6 is 0 Å². The molecule has 0 saturated carbocycles. The van der Waals surface area contributed by atoms with Crippen LogP contribution in [0.2, 0.25) is 0 Å². The van der Waals surface area contributed by atoms with Gasteiger partial charge in [0.15, 0.2) is 0 Å². The molecule has 0 aromatic heterocycles. The molecule has 0 aliphatic rings. The summed E-state index contributed by atoms with van der Waals surface area (Å²) in [6.07, 6.45) is 0.210. The van der Waals surface area contributed by atoms with Crippen molar-refractivity contribution in [2.45, 2.75) is 25.0 Å². The number of carbonyl (C=O) groups excluding carboxylic acids is 1. The minimum Gasteiger partial charge on any atom is -0.387 e. The average molecular weight is 279 g/mol. The maximum absolute atomic E-state index is 11.8. The first-order valence-electron chi connectivity index (χ1n) is 6.74. The molecule has 112 valence electrons. The second-order valence-corrected chi connectivity index (χ2v) is 5.73. The molecule has 0 bridgehead atoms. The van der Waals surface area contributed by atoms with E-state index >= 15 is 0 Å². The minimum absolute atomic E-state index is 0.152. The van der Waals surface area contributed by atoms with Gasteiger partial charge in [-0.1, -0.05) is 30.3 Å². The Morgan fingerprint density at radius 3 is 2.55 bits per heavy atom. The lowest BCUT2D eigenvalue weighted by Crippen LogP contribution is -2.47. The number of amides is 1. The van der Waals surface area contributed by atoms with Crippen LogP contribution in [-0.2, 0) is 4.79 Å². The number of benzene rings is 1. The lowest BCUT2D eigenvalue weighted by atomic mass is 10.0. The Labute approximate surface area is 120 Å². The zero-order valence-corrected chi connectivity index (χ0v) is 12.5. The molecule has 0 saturated heterocycles. The summed E-state index contributed by atoms with van der Waals surface area (Å²) in [6.45, 7) is 2.40. The SMILES string of the molecule is CN(C)CC(C)(O)CNC(=O)CC(N)c1ccccc1. The Bertz CT molecular complexity index is 418. The highest BCUT2D eigenvalue weighted by atomic mass is 16.3. The third kappa shape index (κ3) is 6.14. The summed E-state index contributed by atoms with van der Waals surface area (Å²) in [5.41, 5.74) is 5.97. The quantitative estimate of drug-likeness (QED) is 0.679. The van der Waals surface area contributed by atoms with Gasteiger partial charge in [0.05, 0.1) is 5.60 Å². The molecule has 0 aliphatic heterocycles. The molecule has 4 N–H and O–H groups in total. The van der Waals surface area contributed by atoms with E-state index in [1.807, 2.05) is 49.3 Å². The number of carbonyl (C=O) groups is 1. The molecule has 5 nitrogen and oxygen atoms in total. The van der Waals surface area contributed by atoms with Gasteiger partial charge < -0.3 is 21.1 Å². The number of hydrogen-bond acceptors (Lipinski definition) is 4. The third-order valence-corrected chi connectivity index (χ3v) is 2.96. The lowest BCUT2D eigenvalue weighted by Gasteiger charge is -2.27. The van der Waals surface area contributed by atoms with Crippen LogP contribution in [0.5, 0.6) is 0 Å². The van der Waals surface area contributed by atoms with Gasteiger partial charge in [-0.15, -0.1) is 0 Å². The van der Waals surface area contributed by atoms with Crippen molar-refractivity contribution < 1.29 is 9.90 Å². The predicted octanol–water partition coefficient (Wildman–Crippen LogP) is 0.505. The topological polar surface area (TPSA) is 78.6 Å². The Balaban J connectivity index is 2.41. The summed E-state index contributed by atoms with van der Waals surface area (Å²) in [7, 11) is 3.75. The third-order valence-electron chi connectivity index (χ3n) is 2.96. The highest BCUT2D eigenvalue weighted by Crippen LogP contribution is 2.13. The maximum atomic E-state index is 11.8. The standard InChI is InChI=1S/C15H25N3O2/c1-15(20,11-18(2)3)10-17-14(19)9-13(16)12-7-5-4-6-8-12/h4-8,13,20H,9-11,16H2,1-3H3,(H,17,19). The van der Waals surface area contributed by atoms with Gasteiger partial charge in [-0.3, -0.25) is 4.79 Å². The molecular weight excluding hydrogens is 254 g/mol. The van der Waals surface area contributed by atoms with Crippen LogP contribution in [0.4, 0.5) is 0 Å². The molecule has 5 heteroatoms. The van der Waals surface area contributed by atoms with E-state index in [1.54, 1.807) is 6.92 Å². The van der Waals surface area contributed by atoms with Crippen LogP contribution in [0.1, 0.15) is 24.9 Å². The number of nitrogens with one attached hydrogen (secondary N) is 1. The second kappa shape index (κ2) is 7.38. The van der Waals surface area contributed by atoms with Crippen LogP contribution < -0.4 is 11.1 Å². The maximum Gasteiger partial charge on any atom is 0.222 e. The second-order valence-electron chi connectivity index (χ2n) is 5.73. The van der Waals surface area contributed by atoms with E-state index in [9.17, 15) is 9.90 Å². The number of likely N-dealkylation sites (N-methyl/N-ethyl adjacent to an activating group) is 1. The van der Waals surface area contributed by atoms with Gasteiger partial charge in [-0.05, 0) is 26.6 Å². The van der Waals surface area contributed by atoms with Crippen molar-refractivity contribution >= 4 is 5.91 Å². The van der Waals surface area contributed by atoms with Crippen LogP contribution in [0.15, 0.2) is 30.3 Å². The lowest BCUT2D eigenvalue weighted by molar-refractivity contribution is -0.122. The molecule has 0 radical (unpaired) electrons. The van der Waals surface area contributed by atoms with E-state index in [0.717, 1.165) is 5.56 Å². The molecule has 0 fully saturated rings. The Morgan fingerprint density at radius 2 is 2.00 bits per heavy atom. The Kier molecular flexibility index (Phi) is 6.13. The van der Waals surface area contributed by atoms with Crippen LogP contribution in [0.3, 0.4) is 0 Å². The normalized spacial score (nSPS) is 15.7. The molecule has 20 heavy (non-hydrogen) atoms. The minimum atomic E-state index is -0.948. The molecule has 1 aromatic carbocycles. The van der Waals surface area contributed by atoms with Crippen LogP contribution in [-0.4, -0.2) is 48.7 Å². The van der Waals surface area contributed by atoms with E-state index in [4.69, 9.17) is 5.73 Å². The van der Waals surface area contributed by atoms with E-state index in [0.29, 0.717) is 6.54 Å². The fourth-order valence-corrected chi connectivity index (χ4v) is 2.12. The highest BCUT2D eigenvalue weighted by Gasteiger charge is 2.22. The van der Waals surface area contributed by atoms with Gasteiger partial charge in [0.1, 0.15) is 0 Å². The van der Waals surface area contributed by atoms with E-state index in [-0.39, 0.29) is 24.9 Å². The number of nitrogens with zero attached hydrogens (tertiary/aromatic N) is 1. The first kappa shape index (κ1) is 16.6. The number of rotatable bonds is 7. The molecule has 0 aliphatic carbocycles. The molecule has 0 spiro atoms. The Morgan fingerprint density at radius 1 is 1.40 bits per heavy atom. The van der Waals surface area contributed by atoms with E-state index in [1.165, 1.54) is 0 Å². The monoisotopic (exact) mass is 279 g/mol. The van der Waals surface area contributed by atoms with Gasteiger partial charge in [0, 0.05) is 25.6 Å². The number of hydrogen-bond donors (Lipinski definition) is 3. The summed E-state index contributed by atoms with van der Waals surface area (Å²) in [4.78, 5) is 13.7. The van der Waals surface area contributed by atoms with Crippen molar-refractivity contribution in [2.24, 2.45) is 5.73 Å². The van der Waals surface area contributed by atoms with Gasteiger partial charge in [-0.2, -0.15) is 0 Å². The van der Waals surface area contributed by atoms with E-state index in [2.05, 4.69) is 5.32 Å². The van der Waals surface area contributed by atoms with Gasteiger partial charge in [0.25, 0.3) is 0 Å². The summed E-state index contributed by atoms with van der Waals surface area (Å²) in [5, 5.41) is 12.8. The van der Waals surface area contributed by atoms with Gasteiger partial charge in [-0.25, -0.2) is 0 Å². The first-order chi connectivity index (χ1) is 9.30. The van der Waals surface area contributed by atoms with Crippen molar-refractivity contribution in [2.75, 3.05) is 27.2 Å². The summed E-state index contributed by atoms with van der Waals surface area (Å²) in [6, 6.07) is 9.19. The fourth-order valence-electron chi connectivity index (χ4n) is 2.12. The largest absolute Gasteiger partial charge is 0.387 e. The smallest absolute Gasteiger partial charge is 0.222 e. The molecular formula is C15H25N3O2. The molecule has 1 amide bonds. The zero-order valence-electron chi connectivity index (χ0n) is 12.5. The predicted molar refractivity (Wildman–Crippen MR) is 80.2 cm³/mol. The van der Waals surface area contributed by atoms with Crippen molar-refractivity contribution in [3.8, 4) is 0 Å². The van der Waals surface area contributed by atoms with Gasteiger partial charge in [0.2, 0.25) is 5.91 Å².